The zero-order valence-electron chi connectivity index (χ0n) is 16.4. The average molecular weight is 425 g/mol. The lowest BCUT2D eigenvalue weighted by Gasteiger charge is -2.07. The van der Waals surface area contributed by atoms with Crippen LogP contribution in [0.5, 0.6) is 0 Å². The third-order valence-electron chi connectivity index (χ3n) is 4.84. The van der Waals surface area contributed by atoms with Gasteiger partial charge in [0.15, 0.2) is 0 Å². The largest absolute Gasteiger partial charge is 0.339 e. The first-order chi connectivity index (χ1) is 14.5. The summed E-state index contributed by atoms with van der Waals surface area (Å²) in [5.74, 6) is -0.297. The van der Waals surface area contributed by atoms with E-state index in [1.54, 1.807) is 36.4 Å². The lowest BCUT2D eigenvalue weighted by atomic mass is 10.1. The molecular formula is C22H21FN4O2S. The van der Waals surface area contributed by atoms with E-state index >= 15 is 0 Å². The first kappa shape index (κ1) is 20.2. The molecule has 0 bridgehead atoms. The molecule has 6 nitrogen and oxygen atoms in total. The number of H-pyrrole nitrogens is 1. The molecule has 0 spiro atoms. The zero-order chi connectivity index (χ0) is 21.1. The molecule has 0 aliphatic carbocycles. The van der Waals surface area contributed by atoms with Gasteiger partial charge in [-0.1, -0.05) is 25.5 Å². The fourth-order valence-electron chi connectivity index (χ4n) is 3.21. The van der Waals surface area contributed by atoms with Gasteiger partial charge in [-0.05, 0) is 54.4 Å². The van der Waals surface area contributed by atoms with E-state index < -0.39 is 10.0 Å². The van der Waals surface area contributed by atoms with Crippen molar-refractivity contribution >= 4 is 21.1 Å². The number of nitrogens with one attached hydrogen (secondary N) is 2. The van der Waals surface area contributed by atoms with Gasteiger partial charge in [-0.15, -0.1) is 0 Å². The number of aromatic nitrogens is 3. The van der Waals surface area contributed by atoms with Crippen LogP contribution in [0.3, 0.4) is 0 Å². The van der Waals surface area contributed by atoms with Gasteiger partial charge in [-0.3, -0.25) is 0 Å². The minimum atomic E-state index is -3.53. The van der Waals surface area contributed by atoms with Crippen molar-refractivity contribution in [3.63, 3.8) is 0 Å². The van der Waals surface area contributed by atoms with Crippen molar-refractivity contribution in [1.82, 2.24) is 19.7 Å². The number of nitrogens with zero attached hydrogens (tertiary/aromatic N) is 2. The highest BCUT2D eigenvalue weighted by Gasteiger charge is 2.15. The van der Waals surface area contributed by atoms with Crippen LogP contribution in [-0.4, -0.2) is 29.9 Å². The number of rotatable bonds is 7. The van der Waals surface area contributed by atoms with Crippen molar-refractivity contribution in [3.05, 3.63) is 66.7 Å². The Labute approximate surface area is 174 Å². The van der Waals surface area contributed by atoms with Crippen molar-refractivity contribution in [1.29, 1.82) is 0 Å². The Hall–Kier alpha value is -3.10. The van der Waals surface area contributed by atoms with E-state index in [9.17, 15) is 12.8 Å². The Morgan fingerprint density at radius 1 is 1.00 bits per heavy atom. The summed E-state index contributed by atoms with van der Waals surface area (Å²) in [7, 11) is -3.53. The van der Waals surface area contributed by atoms with Gasteiger partial charge < -0.3 is 4.98 Å². The Morgan fingerprint density at radius 3 is 2.40 bits per heavy atom. The van der Waals surface area contributed by atoms with E-state index in [-0.39, 0.29) is 10.7 Å². The number of aromatic amines is 1. The smallest absolute Gasteiger partial charge is 0.240 e. The molecule has 8 heteroatoms. The van der Waals surface area contributed by atoms with Crippen molar-refractivity contribution in [2.75, 3.05) is 6.54 Å². The van der Waals surface area contributed by atoms with Crippen LogP contribution < -0.4 is 4.72 Å². The normalized spacial score (nSPS) is 11.8. The van der Waals surface area contributed by atoms with Crippen LogP contribution in [0, 0.1) is 5.82 Å². The minimum absolute atomic E-state index is 0.216. The van der Waals surface area contributed by atoms with Crippen LogP contribution in [0.1, 0.15) is 19.8 Å². The van der Waals surface area contributed by atoms with Crippen LogP contribution in [0.25, 0.3) is 33.5 Å². The van der Waals surface area contributed by atoms with Gasteiger partial charge in [-0.2, -0.15) is 0 Å². The molecule has 2 aromatic heterocycles. The Kier molecular flexibility index (Phi) is 5.61. The second kappa shape index (κ2) is 8.33. The molecule has 4 aromatic rings. The highest BCUT2D eigenvalue weighted by molar-refractivity contribution is 7.89. The highest BCUT2D eigenvalue weighted by atomic mass is 32.2. The van der Waals surface area contributed by atoms with E-state index in [4.69, 9.17) is 0 Å². The van der Waals surface area contributed by atoms with Gasteiger partial charge in [0, 0.05) is 23.2 Å². The number of unbranched alkanes of at least 4 members (excludes halogenated alkanes) is 1. The van der Waals surface area contributed by atoms with E-state index in [1.165, 1.54) is 18.5 Å². The van der Waals surface area contributed by atoms with Crippen molar-refractivity contribution in [2.24, 2.45) is 0 Å². The third kappa shape index (κ3) is 4.10. The maximum absolute atomic E-state index is 13.2. The predicted molar refractivity (Wildman–Crippen MR) is 115 cm³/mol. The number of halogens is 1. The second-order valence-electron chi connectivity index (χ2n) is 6.95. The summed E-state index contributed by atoms with van der Waals surface area (Å²) in [6, 6.07) is 14.7. The molecule has 0 saturated carbocycles. The molecule has 0 aliphatic heterocycles. The van der Waals surface area contributed by atoms with Gasteiger partial charge in [0.05, 0.1) is 10.6 Å². The maximum atomic E-state index is 13.2. The van der Waals surface area contributed by atoms with E-state index in [2.05, 4.69) is 19.7 Å². The van der Waals surface area contributed by atoms with Crippen LogP contribution in [0.4, 0.5) is 4.39 Å². The fourth-order valence-corrected chi connectivity index (χ4v) is 4.29. The summed E-state index contributed by atoms with van der Waals surface area (Å²) in [5, 5.41) is 0.800. The standard InChI is InChI=1S/C22H21FN4O2S/c1-2-3-12-26-30(28,29)18-10-6-16(7-11-18)21-19-13-20(27-22(19)25-14-24-21)15-4-8-17(23)9-5-15/h4-11,13-14,26H,2-3,12H2,1H3,(H,24,25,27). The molecule has 0 unspecified atom stereocenters. The molecule has 30 heavy (non-hydrogen) atoms. The number of hydrogen-bond donors (Lipinski definition) is 2. The summed E-state index contributed by atoms with van der Waals surface area (Å²) in [6.45, 7) is 2.43. The van der Waals surface area contributed by atoms with E-state index in [0.29, 0.717) is 17.9 Å². The Morgan fingerprint density at radius 2 is 1.70 bits per heavy atom. The highest BCUT2D eigenvalue weighted by Crippen LogP contribution is 2.30. The molecule has 0 atom stereocenters. The third-order valence-corrected chi connectivity index (χ3v) is 6.32. The van der Waals surface area contributed by atoms with Crippen LogP contribution in [0.2, 0.25) is 0 Å². The summed E-state index contributed by atoms with van der Waals surface area (Å²) in [5.41, 5.74) is 3.75. The molecule has 4 rings (SSSR count). The molecule has 0 saturated heterocycles. The quantitative estimate of drug-likeness (QED) is 0.427. The van der Waals surface area contributed by atoms with E-state index in [1.807, 2.05) is 13.0 Å². The molecule has 2 aromatic carbocycles. The molecule has 0 aliphatic rings. The fraction of sp³-hybridized carbons (Fsp3) is 0.182. The van der Waals surface area contributed by atoms with Gasteiger partial charge in [0.25, 0.3) is 0 Å². The predicted octanol–water partition coefficient (Wildman–Crippen LogP) is 4.51. The number of fused-ring (bicyclic) bond motifs is 1. The van der Waals surface area contributed by atoms with Crippen LogP contribution in [-0.2, 0) is 10.0 Å². The number of sulfonamides is 1. The molecule has 154 valence electrons. The second-order valence-corrected chi connectivity index (χ2v) is 8.72. The van der Waals surface area contributed by atoms with Gasteiger partial charge in [0.1, 0.15) is 17.8 Å². The lowest BCUT2D eigenvalue weighted by molar-refractivity contribution is 0.578. The van der Waals surface area contributed by atoms with E-state index in [0.717, 1.165) is 35.0 Å². The Bertz CT molecular complexity index is 1270. The average Bonchev–Trinajstić information content (AvgIpc) is 3.19. The summed E-state index contributed by atoms with van der Waals surface area (Å²) >= 11 is 0. The molecule has 0 amide bonds. The minimum Gasteiger partial charge on any atom is -0.339 e. The maximum Gasteiger partial charge on any atom is 0.240 e. The Balaban J connectivity index is 1.67. The molecule has 0 fully saturated rings. The van der Waals surface area contributed by atoms with Gasteiger partial charge in [-0.25, -0.2) is 27.5 Å². The first-order valence-electron chi connectivity index (χ1n) is 9.67. The summed E-state index contributed by atoms with van der Waals surface area (Å²) in [6.07, 6.45) is 3.17. The molecular weight excluding hydrogens is 403 g/mol. The van der Waals surface area contributed by atoms with Gasteiger partial charge >= 0.3 is 0 Å². The SMILES string of the molecule is CCCCNS(=O)(=O)c1ccc(-c2ncnc3[nH]c(-c4ccc(F)cc4)cc23)cc1. The zero-order valence-corrected chi connectivity index (χ0v) is 17.2. The first-order valence-corrected chi connectivity index (χ1v) is 11.2. The van der Waals surface area contributed by atoms with Crippen LogP contribution in [0.15, 0.2) is 65.8 Å². The monoisotopic (exact) mass is 424 g/mol. The summed E-state index contributed by atoms with van der Waals surface area (Å²) in [4.78, 5) is 12.1. The van der Waals surface area contributed by atoms with Crippen molar-refractivity contribution in [2.45, 2.75) is 24.7 Å². The number of hydrogen-bond acceptors (Lipinski definition) is 4. The lowest BCUT2D eigenvalue weighted by Crippen LogP contribution is -2.24. The molecule has 2 heterocycles. The van der Waals surface area contributed by atoms with Crippen molar-refractivity contribution in [3.8, 4) is 22.5 Å². The summed E-state index contributed by atoms with van der Waals surface area (Å²) < 4.78 is 40.6. The topological polar surface area (TPSA) is 87.7 Å². The molecule has 0 radical (unpaired) electrons. The van der Waals surface area contributed by atoms with Gasteiger partial charge in [0.2, 0.25) is 10.0 Å². The van der Waals surface area contributed by atoms with Crippen LogP contribution >= 0.6 is 0 Å². The van der Waals surface area contributed by atoms with Crippen molar-refractivity contribution < 1.29 is 12.8 Å². The number of benzene rings is 2. The molecule has 2 N–H and O–H groups in total.